The van der Waals surface area contributed by atoms with Crippen molar-refractivity contribution in [3.05, 3.63) is 30.5 Å². The van der Waals surface area contributed by atoms with Crippen LogP contribution in [0.4, 0.5) is 14.9 Å². The molecular formula is C44H65FN6O10. The van der Waals surface area contributed by atoms with E-state index in [1.165, 1.54) is 14.0 Å². The molecule has 17 heteroatoms. The second-order valence-corrected chi connectivity index (χ2v) is 18.8. The summed E-state index contributed by atoms with van der Waals surface area (Å²) in [6.45, 7) is 13.3. The number of rotatable bonds is 10. The highest BCUT2D eigenvalue weighted by atomic mass is 19.1. The van der Waals surface area contributed by atoms with Crippen molar-refractivity contribution in [3.63, 3.8) is 0 Å². The topological polar surface area (TPSA) is 198 Å². The van der Waals surface area contributed by atoms with E-state index in [4.69, 9.17) is 29.4 Å². The van der Waals surface area contributed by atoms with Gasteiger partial charge in [-0.15, -0.1) is 5.10 Å². The van der Waals surface area contributed by atoms with Crippen LogP contribution in [0.5, 0.6) is 0 Å². The maximum Gasteiger partial charge on any atom is 0.410 e. The lowest BCUT2D eigenvalue weighted by molar-refractivity contribution is -0.295. The molecule has 1 aromatic carbocycles. The zero-order valence-electron chi connectivity index (χ0n) is 37.4. The number of cyclic esters (lactones) is 1. The number of aliphatic hydroxyl groups excluding tert-OH is 1. The van der Waals surface area contributed by atoms with Crippen molar-refractivity contribution in [1.29, 1.82) is 0 Å². The monoisotopic (exact) mass is 856 g/mol. The average Bonchev–Trinajstić information content (AvgIpc) is 3.65. The Hall–Kier alpha value is -4.03. The van der Waals surface area contributed by atoms with E-state index in [0.717, 1.165) is 18.9 Å². The van der Waals surface area contributed by atoms with Gasteiger partial charge in [-0.05, 0) is 91.4 Å². The maximum absolute atomic E-state index is 17.0. The molecule has 4 aliphatic rings. The molecule has 5 unspecified atom stereocenters. The van der Waals surface area contributed by atoms with Gasteiger partial charge in [0.25, 0.3) is 5.67 Å². The standard InChI is InChI=1S/C44H65FN6O10/c1-12-33-44(8)36(51(41(56)61-44)21-29-17-28(29)20-50-22-31(47-48-50)27-14-13-15-30(46)18-27)25(4)34(52)23(2)19-42(6,57-11)38(26(5)37(54)43(7,45)40(55)59-33)60-39-35(53)32(49(9)10)16-24(3)58-39/h13-15,18,22-26,28-29,32-33,35-36,38-39,53H,12,16-17,19-21,46H2,1-11H3/t23-,24?,25+,26+,28?,29?,32?,33-,35?,36-,38-,39+,42-,43+,44-/m1/s1. The Morgan fingerprint density at radius 1 is 1.03 bits per heavy atom. The number of alkyl halides is 1. The van der Waals surface area contributed by atoms with Gasteiger partial charge in [0.2, 0.25) is 0 Å². The number of nitrogens with two attached hydrogens (primary N) is 1. The Morgan fingerprint density at radius 2 is 1.72 bits per heavy atom. The second kappa shape index (κ2) is 17.6. The Balaban J connectivity index is 1.30. The van der Waals surface area contributed by atoms with Gasteiger partial charge in [0.15, 0.2) is 17.7 Å². The molecule has 3 aliphatic heterocycles. The molecule has 1 aromatic heterocycles. The minimum atomic E-state index is -3.19. The number of likely N-dealkylation sites (N-methyl/N-ethyl adjacent to an activating group) is 1. The first-order valence-electron chi connectivity index (χ1n) is 21.5. The van der Waals surface area contributed by atoms with Crippen LogP contribution in [-0.2, 0) is 44.6 Å². The van der Waals surface area contributed by atoms with Crippen LogP contribution >= 0.6 is 0 Å². The van der Waals surface area contributed by atoms with Gasteiger partial charge in [0.05, 0.1) is 30.0 Å². The summed E-state index contributed by atoms with van der Waals surface area (Å²) in [5.74, 6) is -5.65. The molecule has 3 saturated heterocycles. The number of ether oxygens (including phenoxy) is 5. The molecule has 16 nitrogen and oxygen atoms in total. The molecule has 0 radical (unpaired) electrons. The highest BCUT2D eigenvalue weighted by Gasteiger charge is 2.62. The van der Waals surface area contributed by atoms with Crippen molar-refractivity contribution in [2.75, 3.05) is 33.5 Å². The number of anilines is 1. The molecule has 0 spiro atoms. The van der Waals surface area contributed by atoms with Gasteiger partial charge in [0, 0.05) is 55.2 Å². The van der Waals surface area contributed by atoms with Crippen molar-refractivity contribution < 1.29 is 52.4 Å². The minimum absolute atomic E-state index is 0.00645. The number of carbonyl (C=O) groups excluding carboxylic acids is 4. The number of halogens is 1. The number of nitrogens with zero attached hydrogens (tertiary/aromatic N) is 5. The summed E-state index contributed by atoms with van der Waals surface area (Å²) >= 11 is 0. The second-order valence-electron chi connectivity index (χ2n) is 18.8. The molecule has 0 bridgehead atoms. The van der Waals surface area contributed by atoms with Crippen LogP contribution in [0, 0.1) is 29.6 Å². The predicted molar refractivity (Wildman–Crippen MR) is 221 cm³/mol. The summed E-state index contributed by atoms with van der Waals surface area (Å²) in [6.07, 6.45) is -2.79. The van der Waals surface area contributed by atoms with E-state index in [1.54, 1.807) is 50.3 Å². The minimum Gasteiger partial charge on any atom is -0.455 e. The fraction of sp³-hybridized carbons (Fsp3) is 0.727. The first-order chi connectivity index (χ1) is 28.6. The van der Waals surface area contributed by atoms with Crippen LogP contribution in [-0.4, -0.2) is 141 Å². The maximum atomic E-state index is 17.0. The highest BCUT2D eigenvalue weighted by molar-refractivity contribution is 6.08. The summed E-state index contributed by atoms with van der Waals surface area (Å²) in [7, 11) is 5.05. The summed E-state index contributed by atoms with van der Waals surface area (Å²) in [5, 5.41) is 20.1. The summed E-state index contributed by atoms with van der Waals surface area (Å²) in [5.41, 5.74) is 1.87. The van der Waals surface area contributed by atoms with Gasteiger partial charge in [-0.25, -0.2) is 14.0 Å². The first-order valence-corrected chi connectivity index (χ1v) is 21.5. The number of fused-ring (bicyclic) bond motifs is 1. The molecule has 4 fully saturated rings. The lowest BCUT2D eigenvalue weighted by atomic mass is 9.73. The van der Waals surface area contributed by atoms with Crippen LogP contribution in [0.2, 0.25) is 0 Å². The molecule has 338 valence electrons. The lowest BCUT2D eigenvalue weighted by Gasteiger charge is -2.47. The molecule has 6 rings (SSSR count). The molecule has 3 N–H and O–H groups in total. The molecule has 61 heavy (non-hydrogen) atoms. The van der Waals surface area contributed by atoms with Crippen LogP contribution in [0.3, 0.4) is 0 Å². The van der Waals surface area contributed by atoms with Crippen LogP contribution in [0.1, 0.15) is 81.1 Å². The highest BCUT2D eigenvalue weighted by Crippen LogP contribution is 2.47. The molecule has 1 aliphatic carbocycles. The number of aliphatic hydroxyl groups is 1. The van der Waals surface area contributed by atoms with E-state index in [0.29, 0.717) is 24.3 Å². The van der Waals surface area contributed by atoms with Crippen molar-refractivity contribution in [3.8, 4) is 11.3 Å². The molecule has 2 aromatic rings. The smallest absolute Gasteiger partial charge is 0.410 e. The van der Waals surface area contributed by atoms with Gasteiger partial charge in [-0.3, -0.25) is 14.3 Å². The average molecular weight is 857 g/mol. The third-order valence-corrected chi connectivity index (χ3v) is 13.8. The molecule has 15 atom stereocenters. The Labute approximate surface area is 357 Å². The van der Waals surface area contributed by atoms with Crippen molar-refractivity contribution >= 4 is 29.3 Å². The third-order valence-electron chi connectivity index (χ3n) is 13.8. The number of hydrogen-bond acceptors (Lipinski definition) is 14. The first kappa shape index (κ1) is 46.5. The largest absolute Gasteiger partial charge is 0.455 e. The van der Waals surface area contributed by atoms with Gasteiger partial charge in [0.1, 0.15) is 23.7 Å². The molecule has 4 heterocycles. The number of methoxy groups -OCH3 is 1. The van der Waals surface area contributed by atoms with Crippen molar-refractivity contribution in [2.24, 2.45) is 29.6 Å². The quantitative estimate of drug-likeness (QED) is 0.193. The Kier molecular flexibility index (Phi) is 13.4. The SMILES string of the molecule is CC[C@H]1OC(=O)[C@@](C)(F)C(=O)[C@H](C)[C@@H](O[C@@H]2OC(C)CC(N(C)C)C2O)[C@](C)(OC)C[C@@H](C)C(=O)[C@H](C)[C@H]2N(CC3CC3Cn3cc(-c4cccc(N)c4)nn3)C(=O)O[C@]12C. The van der Waals surface area contributed by atoms with Crippen LogP contribution < -0.4 is 5.73 Å². The Bertz CT molecular complexity index is 1950. The number of amides is 1. The van der Waals surface area contributed by atoms with E-state index in [1.807, 2.05) is 50.3 Å². The number of aromatic nitrogens is 3. The normalized spacial score (nSPS) is 40.1. The van der Waals surface area contributed by atoms with E-state index >= 15 is 4.39 Å². The van der Waals surface area contributed by atoms with E-state index in [2.05, 4.69) is 10.3 Å². The van der Waals surface area contributed by atoms with Gasteiger partial charge in [-0.2, -0.15) is 0 Å². The van der Waals surface area contributed by atoms with E-state index in [-0.39, 0.29) is 49.2 Å². The van der Waals surface area contributed by atoms with Gasteiger partial charge < -0.3 is 44.3 Å². The number of benzene rings is 1. The van der Waals surface area contributed by atoms with Crippen molar-refractivity contribution in [2.45, 2.75) is 147 Å². The summed E-state index contributed by atoms with van der Waals surface area (Å²) in [6, 6.07) is 6.08. The predicted octanol–water partition coefficient (Wildman–Crippen LogP) is 4.46. The fourth-order valence-corrected chi connectivity index (χ4v) is 10.1. The summed E-state index contributed by atoms with van der Waals surface area (Å²) in [4.78, 5) is 60.5. The zero-order chi connectivity index (χ0) is 44.9. The number of esters is 1. The van der Waals surface area contributed by atoms with E-state index in [9.17, 15) is 24.3 Å². The van der Waals surface area contributed by atoms with Gasteiger partial charge in [-0.1, -0.05) is 45.0 Å². The summed E-state index contributed by atoms with van der Waals surface area (Å²) < 4.78 is 49.4. The van der Waals surface area contributed by atoms with Gasteiger partial charge >= 0.3 is 12.1 Å². The van der Waals surface area contributed by atoms with E-state index < -0.39 is 83.1 Å². The molecule has 1 amide bonds. The van der Waals surface area contributed by atoms with Crippen molar-refractivity contribution in [1.82, 2.24) is 24.8 Å². The van der Waals surface area contributed by atoms with Crippen LogP contribution in [0.15, 0.2) is 30.5 Å². The number of carbonyl (C=O) groups is 4. The fourth-order valence-electron chi connectivity index (χ4n) is 10.1. The zero-order valence-corrected chi connectivity index (χ0v) is 37.4. The number of Topliss-reactive ketones (excluding diaryl/α,β-unsaturated/α-hetero) is 2. The third kappa shape index (κ3) is 9.08. The molecule has 1 saturated carbocycles. The number of hydrogen-bond donors (Lipinski definition) is 2. The Morgan fingerprint density at radius 3 is 2.36 bits per heavy atom. The number of ketones is 2. The van der Waals surface area contributed by atoms with Crippen LogP contribution in [0.25, 0.3) is 11.3 Å². The lowest BCUT2D eigenvalue weighted by Crippen LogP contribution is -2.61. The molecular weight excluding hydrogens is 792 g/mol. The number of nitrogen functional groups attached to an aromatic ring is 1.